The molecular formula is C57H107NO13. The molecule has 14 heteroatoms. The highest BCUT2D eigenvalue weighted by Gasteiger charge is 2.51. The second-order valence-corrected chi connectivity index (χ2v) is 20.8. The van der Waals surface area contributed by atoms with Gasteiger partial charge in [0.1, 0.15) is 48.8 Å². The van der Waals surface area contributed by atoms with Gasteiger partial charge in [0.2, 0.25) is 5.91 Å². The quantitative estimate of drug-likeness (QED) is 0.0205. The van der Waals surface area contributed by atoms with E-state index in [-0.39, 0.29) is 18.9 Å². The minimum Gasteiger partial charge on any atom is -0.394 e. The smallest absolute Gasteiger partial charge is 0.220 e. The number of rotatable bonds is 46. The molecule has 14 nitrogen and oxygen atoms in total. The number of carbonyl (C=O) groups excluding carboxylic acids is 1. The molecule has 12 atom stereocenters. The minimum atomic E-state index is -1.79. The van der Waals surface area contributed by atoms with E-state index in [0.29, 0.717) is 12.8 Å². The number of allylic oxidation sites excluding steroid dienone is 3. The molecule has 0 spiro atoms. The van der Waals surface area contributed by atoms with Crippen LogP contribution in [0.2, 0.25) is 0 Å². The van der Waals surface area contributed by atoms with Crippen molar-refractivity contribution in [2.24, 2.45) is 0 Å². The topological polar surface area (TPSA) is 228 Å². The minimum absolute atomic E-state index is 0.250. The van der Waals surface area contributed by atoms with E-state index in [9.17, 15) is 45.6 Å². The van der Waals surface area contributed by atoms with Crippen LogP contribution in [0.5, 0.6) is 0 Å². The number of unbranched alkanes of at least 4 members (excludes halogenated alkanes) is 31. The molecule has 2 heterocycles. The second-order valence-electron chi connectivity index (χ2n) is 20.8. The summed E-state index contributed by atoms with van der Waals surface area (Å²) in [6.45, 7) is 2.77. The van der Waals surface area contributed by atoms with Gasteiger partial charge in [-0.3, -0.25) is 4.79 Å². The first kappa shape index (κ1) is 65.6. The Morgan fingerprint density at radius 1 is 0.493 bits per heavy atom. The summed E-state index contributed by atoms with van der Waals surface area (Å²) < 4.78 is 22.7. The van der Waals surface area contributed by atoms with E-state index in [4.69, 9.17) is 18.9 Å². The number of ether oxygens (including phenoxy) is 4. The molecule has 2 aliphatic rings. The van der Waals surface area contributed by atoms with Crippen molar-refractivity contribution in [3.8, 4) is 0 Å². The maximum atomic E-state index is 13.1. The van der Waals surface area contributed by atoms with E-state index in [1.165, 1.54) is 173 Å². The monoisotopic (exact) mass is 1010 g/mol. The molecular weight excluding hydrogens is 907 g/mol. The Morgan fingerprint density at radius 2 is 0.901 bits per heavy atom. The van der Waals surface area contributed by atoms with Gasteiger partial charge in [0.25, 0.3) is 0 Å². The Morgan fingerprint density at radius 3 is 1.38 bits per heavy atom. The Bertz CT molecular complexity index is 1290. The van der Waals surface area contributed by atoms with Crippen molar-refractivity contribution in [2.45, 2.75) is 312 Å². The standard InChI is InChI=1S/C57H107NO13/c1-3-5-7-9-11-13-15-16-17-18-19-20-21-22-23-24-25-26-27-28-29-30-31-32-34-36-38-40-46(61)45(58-49(62)41-39-37-35-33-14-12-10-8-6-4-2)44-68-56-54(67)52(65)55(48(43-60)70-56)71-57-53(66)51(64)50(63)47(42-59)69-57/h31-32,38,40,45-48,50-57,59-61,63-67H,3-30,33-37,39,41-44H2,1-2H3,(H,58,62)/b32-31+,40-38+. The maximum absolute atomic E-state index is 13.1. The van der Waals surface area contributed by atoms with Gasteiger partial charge in [-0.05, 0) is 32.1 Å². The fourth-order valence-corrected chi connectivity index (χ4v) is 9.66. The fourth-order valence-electron chi connectivity index (χ4n) is 9.66. The van der Waals surface area contributed by atoms with Crippen LogP contribution in [-0.4, -0.2) is 140 Å². The Labute approximate surface area is 430 Å². The highest BCUT2D eigenvalue weighted by atomic mass is 16.7. The summed E-state index contributed by atoms with van der Waals surface area (Å²) in [7, 11) is 0. The van der Waals surface area contributed by atoms with Crippen LogP contribution in [0.15, 0.2) is 24.3 Å². The van der Waals surface area contributed by atoms with Crippen LogP contribution in [0.25, 0.3) is 0 Å². The average Bonchev–Trinajstić information content (AvgIpc) is 3.37. The molecule has 0 radical (unpaired) electrons. The molecule has 2 fully saturated rings. The summed E-state index contributed by atoms with van der Waals surface area (Å²) in [5.41, 5.74) is 0. The Kier molecular flexibility index (Phi) is 40.4. The van der Waals surface area contributed by atoms with Crippen molar-refractivity contribution in [1.29, 1.82) is 0 Å². The van der Waals surface area contributed by atoms with E-state index in [0.717, 1.165) is 32.1 Å². The predicted octanol–water partition coefficient (Wildman–Crippen LogP) is 9.28. The predicted molar refractivity (Wildman–Crippen MR) is 282 cm³/mol. The molecule has 0 aromatic carbocycles. The molecule has 71 heavy (non-hydrogen) atoms. The molecule has 0 bridgehead atoms. The number of aliphatic hydroxyl groups is 8. The van der Waals surface area contributed by atoms with Crippen molar-refractivity contribution in [2.75, 3.05) is 19.8 Å². The number of aliphatic hydroxyl groups excluding tert-OH is 8. The van der Waals surface area contributed by atoms with Gasteiger partial charge < -0.3 is 65.1 Å². The lowest BCUT2D eigenvalue weighted by Crippen LogP contribution is -2.65. The molecule has 0 saturated carbocycles. The summed E-state index contributed by atoms with van der Waals surface area (Å²) in [6, 6.07) is -0.926. The number of hydrogen-bond acceptors (Lipinski definition) is 13. The number of hydrogen-bond donors (Lipinski definition) is 9. The van der Waals surface area contributed by atoms with Crippen LogP contribution in [0.1, 0.15) is 239 Å². The van der Waals surface area contributed by atoms with Crippen molar-refractivity contribution in [3.05, 3.63) is 24.3 Å². The van der Waals surface area contributed by atoms with E-state index >= 15 is 0 Å². The SMILES string of the molecule is CCCCCCCCCCCCCCCCCCCCCCC/C=C/CC/C=C/C(O)C(COC1OC(CO)C(OC2OC(CO)C(O)C(O)C2O)C(O)C1O)NC(=O)CCCCCCCCCCCC. The highest BCUT2D eigenvalue weighted by molar-refractivity contribution is 5.76. The van der Waals surface area contributed by atoms with Gasteiger partial charge in [0.05, 0.1) is 32.0 Å². The van der Waals surface area contributed by atoms with Crippen LogP contribution < -0.4 is 5.32 Å². The molecule has 0 aliphatic carbocycles. The molecule has 1 amide bonds. The van der Waals surface area contributed by atoms with E-state index in [2.05, 4.69) is 31.3 Å². The molecule has 2 saturated heterocycles. The summed E-state index contributed by atoms with van der Waals surface area (Å²) in [5.74, 6) is -0.250. The lowest BCUT2D eigenvalue weighted by Gasteiger charge is -2.46. The summed E-state index contributed by atoms with van der Waals surface area (Å²) in [6.07, 6.45) is 33.9. The average molecular weight is 1010 g/mol. The molecule has 12 unspecified atom stereocenters. The van der Waals surface area contributed by atoms with Crippen molar-refractivity contribution in [3.63, 3.8) is 0 Å². The third-order valence-electron chi connectivity index (χ3n) is 14.4. The van der Waals surface area contributed by atoms with Gasteiger partial charge in [-0.15, -0.1) is 0 Å². The first-order chi connectivity index (χ1) is 34.6. The molecule has 0 aromatic rings. The molecule has 9 N–H and O–H groups in total. The van der Waals surface area contributed by atoms with Crippen LogP contribution in [0, 0.1) is 0 Å². The first-order valence-electron chi connectivity index (χ1n) is 29.1. The van der Waals surface area contributed by atoms with Gasteiger partial charge >= 0.3 is 0 Å². The number of carbonyl (C=O) groups is 1. The molecule has 418 valence electrons. The van der Waals surface area contributed by atoms with Gasteiger partial charge in [-0.25, -0.2) is 0 Å². The maximum Gasteiger partial charge on any atom is 0.220 e. The fraction of sp³-hybridized carbons (Fsp3) is 0.912. The van der Waals surface area contributed by atoms with Gasteiger partial charge in [0, 0.05) is 6.42 Å². The van der Waals surface area contributed by atoms with E-state index in [1.807, 2.05) is 6.08 Å². The third-order valence-corrected chi connectivity index (χ3v) is 14.4. The molecule has 0 aromatic heterocycles. The zero-order chi connectivity index (χ0) is 51.7. The zero-order valence-electron chi connectivity index (χ0n) is 44.7. The van der Waals surface area contributed by atoms with Gasteiger partial charge in [0.15, 0.2) is 12.6 Å². The van der Waals surface area contributed by atoms with Crippen molar-refractivity contribution in [1.82, 2.24) is 5.32 Å². The van der Waals surface area contributed by atoms with Gasteiger partial charge in [-0.1, -0.05) is 224 Å². The van der Waals surface area contributed by atoms with Crippen molar-refractivity contribution < 1.29 is 64.6 Å². The molecule has 2 rings (SSSR count). The Hall–Kier alpha value is -1.53. The van der Waals surface area contributed by atoms with E-state index in [1.54, 1.807) is 6.08 Å². The Balaban J connectivity index is 1.72. The lowest BCUT2D eigenvalue weighted by atomic mass is 9.97. The van der Waals surface area contributed by atoms with E-state index < -0.39 is 86.8 Å². The second kappa shape index (κ2) is 43.7. The lowest BCUT2D eigenvalue weighted by molar-refractivity contribution is -0.359. The largest absolute Gasteiger partial charge is 0.394 e. The number of amides is 1. The number of nitrogens with one attached hydrogen (secondary N) is 1. The van der Waals surface area contributed by atoms with Crippen LogP contribution >= 0.6 is 0 Å². The summed E-state index contributed by atoms with van der Waals surface area (Å²) in [4.78, 5) is 13.1. The summed E-state index contributed by atoms with van der Waals surface area (Å²) >= 11 is 0. The zero-order valence-corrected chi connectivity index (χ0v) is 44.7. The van der Waals surface area contributed by atoms with Crippen LogP contribution in [0.4, 0.5) is 0 Å². The first-order valence-corrected chi connectivity index (χ1v) is 29.1. The van der Waals surface area contributed by atoms with Gasteiger partial charge in [-0.2, -0.15) is 0 Å². The summed E-state index contributed by atoms with van der Waals surface area (Å²) in [5, 5.41) is 86.8. The van der Waals surface area contributed by atoms with Crippen LogP contribution in [-0.2, 0) is 23.7 Å². The van der Waals surface area contributed by atoms with Crippen LogP contribution in [0.3, 0.4) is 0 Å². The normalized spacial score (nSPS) is 25.9. The third kappa shape index (κ3) is 30.0. The van der Waals surface area contributed by atoms with Crippen molar-refractivity contribution >= 4 is 5.91 Å². The highest BCUT2D eigenvalue weighted by Crippen LogP contribution is 2.30. The molecule has 2 aliphatic heterocycles.